The Morgan fingerprint density at radius 3 is 2.92 bits per heavy atom. The van der Waals surface area contributed by atoms with Crippen LogP contribution in [0.25, 0.3) is 0 Å². The number of amides is 1. The van der Waals surface area contributed by atoms with Gasteiger partial charge < -0.3 is 25.2 Å². The van der Waals surface area contributed by atoms with Crippen molar-refractivity contribution >= 4 is 23.2 Å². The van der Waals surface area contributed by atoms with Gasteiger partial charge in [-0.15, -0.1) is 0 Å². The van der Waals surface area contributed by atoms with Gasteiger partial charge in [-0.25, -0.2) is 9.37 Å². The molecule has 0 spiro atoms. The van der Waals surface area contributed by atoms with Crippen LogP contribution >= 0.6 is 0 Å². The number of hydrogen-bond acceptors (Lipinski definition) is 7. The molecule has 4 aliphatic heterocycles. The van der Waals surface area contributed by atoms with E-state index in [4.69, 9.17) is 9.72 Å². The molecule has 0 bridgehead atoms. The Hall–Kier alpha value is -3.56. The maximum Gasteiger partial charge on any atom is 0.254 e. The molecular weight excluding hydrogens is 459 g/mol. The molecule has 5 heterocycles. The van der Waals surface area contributed by atoms with Crippen LogP contribution in [0, 0.1) is 0 Å². The number of ether oxygens (including phenoxy) is 1. The summed E-state index contributed by atoms with van der Waals surface area (Å²) in [7, 11) is 4.07. The van der Waals surface area contributed by atoms with Crippen molar-refractivity contribution in [3.63, 3.8) is 0 Å². The fraction of sp³-hybridized carbons (Fsp3) is 0.370. The second kappa shape index (κ2) is 9.15. The topological polar surface area (TPSA) is 82.1 Å². The monoisotopic (exact) mass is 488 g/mol. The maximum atomic E-state index is 13.7. The third-order valence-electron chi connectivity index (χ3n) is 7.16. The number of aliphatic imine (C=N–C) groups is 1. The standard InChI is InChI=1S/C27H29FN6O2/c1-33(2)14-22-18(16-8-10-36-15-16)4-6-24(32-22)31-21-5-3-19(20-12-30-27(35)26(20)21)23-13-29-25-11-17(28)7-9-34(23)25/h3-7,9,11,16,23H,8,10,12-15H2,1-2H3,(H,30,35)(H,31,32)/t16-,23?/m1/s1. The number of pyridine rings is 1. The molecule has 1 aromatic carbocycles. The highest BCUT2D eigenvalue weighted by Gasteiger charge is 2.34. The average Bonchev–Trinajstić information content (AvgIpc) is 3.60. The Balaban J connectivity index is 1.31. The molecule has 6 rings (SSSR count). The van der Waals surface area contributed by atoms with Crippen LogP contribution in [0.5, 0.6) is 0 Å². The van der Waals surface area contributed by atoms with Gasteiger partial charge in [0.15, 0.2) is 0 Å². The summed E-state index contributed by atoms with van der Waals surface area (Å²) in [5.41, 5.74) is 5.57. The minimum atomic E-state index is -0.306. The Morgan fingerprint density at radius 2 is 2.11 bits per heavy atom. The van der Waals surface area contributed by atoms with Crippen molar-refractivity contribution in [3.05, 3.63) is 76.4 Å². The van der Waals surface area contributed by atoms with Crippen LogP contribution < -0.4 is 10.6 Å². The number of fused-ring (bicyclic) bond motifs is 2. The minimum absolute atomic E-state index is 0.0752. The zero-order valence-electron chi connectivity index (χ0n) is 20.4. The quantitative estimate of drug-likeness (QED) is 0.644. The van der Waals surface area contributed by atoms with Crippen LogP contribution in [0.1, 0.15) is 51.1 Å². The van der Waals surface area contributed by atoms with Crippen LogP contribution in [0.4, 0.5) is 15.9 Å². The van der Waals surface area contributed by atoms with Crippen LogP contribution in [0.15, 0.2) is 53.4 Å². The van der Waals surface area contributed by atoms with Crippen LogP contribution in [-0.4, -0.2) is 60.4 Å². The molecule has 2 atom stereocenters. The Bertz CT molecular complexity index is 1310. The molecule has 0 saturated carbocycles. The molecule has 0 aliphatic carbocycles. The molecule has 186 valence electrons. The second-order valence-electron chi connectivity index (χ2n) is 9.86. The highest BCUT2D eigenvalue weighted by molar-refractivity contribution is 6.04. The summed E-state index contributed by atoms with van der Waals surface area (Å²) in [6.45, 7) is 3.20. The van der Waals surface area contributed by atoms with Gasteiger partial charge in [0.2, 0.25) is 0 Å². The fourth-order valence-electron chi connectivity index (χ4n) is 5.47. The molecule has 0 radical (unpaired) electrons. The van der Waals surface area contributed by atoms with Gasteiger partial charge in [-0.05, 0) is 55.4 Å². The summed E-state index contributed by atoms with van der Waals surface area (Å²) in [4.78, 5) is 26.4. The van der Waals surface area contributed by atoms with Crippen LogP contribution in [0.3, 0.4) is 0 Å². The van der Waals surface area contributed by atoms with E-state index >= 15 is 0 Å². The summed E-state index contributed by atoms with van der Waals surface area (Å²) in [6.07, 6.45) is 5.61. The van der Waals surface area contributed by atoms with E-state index < -0.39 is 0 Å². The van der Waals surface area contributed by atoms with Crippen molar-refractivity contribution in [2.45, 2.75) is 31.5 Å². The molecule has 4 aliphatic rings. The number of carbonyl (C=O) groups excluding carboxylic acids is 1. The fourth-order valence-corrected chi connectivity index (χ4v) is 5.47. The number of anilines is 2. The number of hydrogen-bond donors (Lipinski definition) is 2. The number of carbonyl (C=O) groups is 1. The van der Waals surface area contributed by atoms with E-state index in [1.165, 1.54) is 17.7 Å². The zero-order valence-corrected chi connectivity index (χ0v) is 20.4. The van der Waals surface area contributed by atoms with E-state index in [1.54, 1.807) is 6.20 Å². The Morgan fingerprint density at radius 1 is 1.25 bits per heavy atom. The first kappa shape index (κ1) is 22.9. The smallest absolute Gasteiger partial charge is 0.254 e. The summed E-state index contributed by atoms with van der Waals surface area (Å²) in [5, 5.41) is 6.38. The first-order chi connectivity index (χ1) is 17.5. The normalized spacial score (nSPS) is 22.4. The maximum absolute atomic E-state index is 13.7. The Kier molecular flexibility index (Phi) is 5.81. The molecule has 2 N–H and O–H groups in total. The number of aromatic nitrogens is 1. The largest absolute Gasteiger partial charge is 0.381 e. The predicted molar refractivity (Wildman–Crippen MR) is 136 cm³/mol. The molecule has 8 nitrogen and oxygen atoms in total. The molecule has 9 heteroatoms. The molecular formula is C27H29FN6O2. The number of halogens is 1. The van der Waals surface area contributed by atoms with Gasteiger partial charge in [-0.2, -0.15) is 0 Å². The minimum Gasteiger partial charge on any atom is -0.381 e. The summed E-state index contributed by atoms with van der Waals surface area (Å²) >= 11 is 0. The lowest BCUT2D eigenvalue weighted by atomic mass is 9.95. The van der Waals surface area contributed by atoms with Crippen molar-refractivity contribution < 1.29 is 13.9 Å². The predicted octanol–water partition coefficient (Wildman–Crippen LogP) is 3.77. The zero-order chi connectivity index (χ0) is 24.8. The first-order valence-corrected chi connectivity index (χ1v) is 12.3. The highest BCUT2D eigenvalue weighted by Crippen LogP contribution is 2.38. The molecule has 1 unspecified atom stereocenters. The Labute approximate surface area is 209 Å². The van der Waals surface area contributed by atoms with E-state index in [1.807, 2.05) is 37.2 Å². The third kappa shape index (κ3) is 4.08. The molecule has 1 fully saturated rings. The number of benzene rings is 1. The van der Waals surface area contributed by atoms with Crippen molar-refractivity contribution in [1.82, 2.24) is 20.1 Å². The van der Waals surface area contributed by atoms with Gasteiger partial charge >= 0.3 is 0 Å². The van der Waals surface area contributed by atoms with E-state index in [-0.39, 0.29) is 17.8 Å². The first-order valence-electron chi connectivity index (χ1n) is 12.3. The summed E-state index contributed by atoms with van der Waals surface area (Å²) in [5.74, 6) is 1.26. The molecule has 1 amide bonds. The van der Waals surface area contributed by atoms with E-state index in [2.05, 4.69) is 26.6 Å². The van der Waals surface area contributed by atoms with Crippen molar-refractivity contribution in [3.8, 4) is 0 Å². The number of nitrogens with zero attached hydrogens (tertiary/aromatic N) is 4. The molecule has 36 heavy (non-hydrogen) atoms. The van der Waals surface area contributed by atoms with Crippen molar-refractivity contribution in [2.75, 3.05) is 39.2 Å². The molecule has 1 aromatic heterocycles. The number of nitrogens with one attached hydrogen (secondary N) is 2. The van der Waals surface area contributed by atoms with Gasteiger partial charge in [0.25, 0.3) is 5.91 Å². The number of rotatable bonds is 6. The van der Waals surface area contributed by atoms with E-state index in [0.717, 1.165) is 48.7 Å². The van der Waals surface area contributed by atoms with Crippen LogP contribution in [-0.2, 0) is 17.8 Å². The van der Waals surface area contributed by atoms with Crippen LogP contribution in [0.2, 0.25) is 0 Å². The van der Waals surface area contributed by atoms with Gasteiger partial charge in [0, 0.05) is 37.9 Å². The second-order valence-corrected chi connectivity index (χ2v) is 9.86. The van der Waals surface area contributed by atoms with Gasteiger partial charge in [-0.1, -0.05) is 12.1 Å². The number of amidine groups is 1. The highest BCUT2D eigenvalue weighted by atomic mass is 19.1. The lowest BCUT2D eigenvalue weighted by Gasteiger charge is -2.27. The molecule has 2 aromatic rings. The number of allylic oxidation sites excluding steroid dienone is 2. The molecule has 1 saturated heterocycles. The summed E-state index contributed by atoms with van der Waals surface area (Å²) in [6, 6.07) is 8.02. The third-order valence-corrected chi connectivity index (χ3v) is 7.16. The van der Waals surface area contributed by atoms with E-state index in [0.29, 0.717) is 36.2 Å². The van der Waals surface area contributed by atoms with Gasteiger partial charge in [0.1, 0.15) is 17.5 Å². The van der Waals surface area contributed by atoms with Gasteiger partial charge in [-0.3, -0.25) is 9.79 Å². The van der Waals surface area contributed by atoms with Gasteiger partial charge in [0.05, 0.1) is 36.1 Å². The van der Waals surface area contributed by atoms with E-state index in [9.17, 15) is 9.18 Å². The lowest BCUT2D eigenvalue weighted by molar-refractivity contribution is 0.0966. The SMILES string of the molecule is CN(C)Cc1nc(Nc2ccc(C3CN=C4C=C(F)C=CN43)c3c2C(=O)NC3)ccc1[C@@H]1CCOC1. The average molecular weight is 489 g/mol. The lowest BCUT2D eigenvalue weighted by Crippen LogP contribution is -2.27. The van der Waals surface area contributed by atoms with Crippen molar-refractivity contribution in [2.24, 2.45) is 4.99 Å². The summed E-state index contributed by atoms with van der Waals surface area (Å²) < 4.78 is 19.3. The van der Waals surface area contributed by atoms with Crippen molar-refractivity contribution in [1.29, 1.82) is 0 Å².